The molecule has 136 valence electrons. The van der Waals surface area contributed by atoms with Crippen molar-refractivity contribution in [2.45, 2.75) is 51.7 Å². The van der Waals surface area contributed by atoms with Gasteiger partial charge in [0, 0.05) is 19.0 Å². The van der Waals surface area contributed by atoms with E-state index in [9.17, 15) is 9.59 Å². The lowest BCUT2D eigenvalue weighted by molar-refractivity contribution is 0.0288. The third-order valence-corrected chi connectivity index (χ3v) is 4.74. The summed E-state index contributed by atoms with van der Waals surface area (Å²) in [6.45, 7) is 8.62. The van der Waals surface area contributed by atoms with E-state index in [0.29, 0.717) is 24.4 Å². The zero-order valence-corrected chi connectivity index (χ0v) is 15.5. The number of fused-ring (bicyclic) bond motifs is 3. The second-order valence-corrected chi connectivity index (χ2v) is 7.69. The van der Waals surface area contributed by atoms with Crippen LogP contribution in [0.5, 0.6) is 5.75 Å². The van der Waals surface area contributed by atoms with Gasteiger partial charge in [0.15, 0.2) is 0 Å². The highest BCUT2D eigenvalue weighted by Gasteiger charge is 2.44. The molecule has 0 bridgehead atoms. The van der Waals surface area contributed by atoms with E-state index in [0.717, 1.165) is 17.5 Å². The number of rotatable bonds is 2. The van der Waals surface area contributed by atoms with E-state index < -0.39 is 5.60 Å². The second-order valence-electron chi connectivity index (χ2n) is 7.69. The number of ether oxygens (including phenoxy) is 2. The fourth-order valence-electron chi connectivity index (χ4n) is 3.58. The van der Waals surface area contributed by atoms with Crippen LogP contribution in [0.3, 0.4) is 0 Å². The average Bonchev–Trinajstić information content (AvgIpc) is 2.96. The summed E-state index contributed by atoms with van der Waals surface area (Å²) in [5.74, 6) is 0.517. The second kappa shape index (κ2) is 6.24. The van der Waals surface area contributed by atoms with Crippen LogP contribution in [0.15, 0.2) is 12.1 Å². The molecule has 25 heavy (non-hydrogen) atoms. The van der Waals surface area contributed by atoms with Gasteiger partial charge < -0.3 is 19.7 Å². The minimum atomic E-state index is -0.537. The zero-order valence-electron chi connectivity index (χ0n) is 15.5. The molecule has 2 aliphatic rings. The molecule has 2 atom stereocenters. The smallest absolute Gasteiger partial charge is 0.410 e. The Kier molecular flexibility index (Phi) is 4.39. The molecule has 1 aromatic carbocycles. The maximum atomic E-state index is 12.6. The summed E-state index contributed by atoms with van der Waals surface area (Å²) in [5, 5.41) is 3.03. The standard InChI is InChI=1S/C19H26N2O4/c1-6-11-7-12-13-9-21(18(23)25-19(2,3)4)10-14(13)20-17(22)16(12)15(8-11)24-5/h7-8,13-14H,6,9-10H2,1-5H3,(H,20,22)/t13-,14+/m0/s1. The van der Waals surface area contributed by atoms with Crippen LogP contribution in [-0.2, 0) is 11.2 Å². The summed E-state index contributed by atoms with van der Waals surface area (Å²) in [4.78, 5) is 26.7. The van der Waals surface area contributed by atoms with Crippen molar-refractivity contribution < 1.29 is 19.1 Å². The summed E-state index contributed by atoms with van der Waals surface area (Å²) < 4.78 is 10.9. The van der Waals surface area contributed by atoms with Crippen LogP contribution in [-0.4, -0.2) is 48.7 Å². The molecule has 0 aliphatic carbocycles. The van der Waals surface area contributed by atoms with E-state index in [1.165, 1.54) is 0 Å². The first-order valence-corrected chi connectivity index (χ1v) is 8.73. The van der Waals surface area contributed by atoms with Crippen molar-refractivity contribution in [2.24, 2.45) is 0 Å². The number of benzene rings is 1. The number of likely N-dealkylation sites (tertiary alicyclic amines) is 1. The SMILES string of the molecule is CCc1cc(OC)c2c(c1)[C@@H]1CN(C(=O)OC(C)(C)C)C[C@H]1NC2=O. The molecular formula is C19H26N2O4. The fourth-order valence-corrected chi connectivity index (χ4v) is 3.58. The van der Waals surface area contributed by atoms with Crippen LogP contribution in [0, 0.1) is 0 Å². The van der Waals surface area contributed by atoms with Crippen molar-refractivity contribution in [1.29, 1.82) is 0 Å². The molecule has 0 aromatic heterocycles. The molecule has 0 spiro atoms. The predicted molar refractivity (Wildman–Crippen MR) is 94.2 cm³/mol. The van der Waals surface area contributed by atoms with Gasteiger partial charge in [-0.2, -0.15) is 0 Å². The summed E-state index contributed by atoms with van der Waals surface area (Å²) in [7, 11) is 1.58. The van der Waals surface area contributed by atoms with Gasteiger partial charge in [-0.25, -0.2) is 4.79 Å². The lowest BCUT2D eigenvalue weighted by Gasteiger charge is -2.29. The predicted octanol–water partition coefficient (Wildman–Crippen LogP) is 2.70. The molecule has 0 radical (unpaired) electrons. The number of hydrogen-bond acceptors (Lipinski definition) is 4. The number of carbonyl (C=O) groups is 2. The molecule has 1 saturated heterocycles. The van der Waals surface area contributed by atoms with E-state index in [2.05, 4.69) is 18.3 Å². The van der Waals surface area contributed by atoms with Crippen LogP contribution in [0.25, 0.3) is 0 Å². The number of carbonyl (C=O) groups excluding carboxylic acids is 2. The highest BCUT2D eigenvalue weighted by atomic mass is 16.6. The topological polar surface area (TPSA) is 67.9 Å². The largest absolute Gasteiger partial charge is 0.496 e. The number of aryl methyl sites for hydroxylation is 1. The molecule has 2 amide bonds. The third kappa shape index (κ3) is 3.30. The Labute approximate surface area is 148 Å². The Morgan fingerprint density at radius 2 is 2.04 bits per heavy atom. The molecule has 0 saturated carbocycles. The summed E-state index contributed by atoms with van der Waals surface area (Å²) in [6.07, 6.45) is 0.523. The Balaban J connectivity index is 1.93. The molecule has 2 aliphatic heterocycles. The van der Waals surface area contributed by atoms with Crippen molar-refractivity contribution >= 4 is 12.0 Å². The van der Waals surface area contributed by atoms with E-state index in [1.54, 1.807) is 12.0 Å². The van der Waals surface area contributed by atoms with Crippen LogP contribution in [0.1, 0.15) is 55.1 Å². The number of nitrogens with one attached hydrogen (secondary N) is 1. The molecule has 1 fully saturated rings. The van der Waals surface area contributed by atoms with E-state index in [4.69, 9.17) is 9.47 Å². The molecule has 6 heteroatoms. The summed E-state index contributed by atoms with van der Waals surface area (Å²) >= 11 is 0. The lowest BCUT2D eigenvalue weighted by atomic mass is 9.84. The average molecular weight is 346 g/mol. The zero-order chi connectivity index (χ0) is 18.4. The Morgan fingerprint density at radius 1 is 1.32 bits per heavy atom. The van der Waals surface area contributed by atoms with Gasteiger partial charge in [0.25, 0.3) is 5.91 Å². The van der Waals surface area contributed by atoms with Crippen LogP contribution >= 0.6 is 0 Å². The Bertz CT molecular complexity index is 708. The minimum Gasteiger partial charge on any atom is -0.496 e. The number of hydrogen-bond donors (Lipinski definition) is 1. The van der Waals surface area contributed by atoms with E-state index >= 15 is 0 Å². The van der Waals surface area contributed by atoms with Crippen LogP contribution < -0.4 is 10.1 Å². The van der Waals surface area contributed by atoms with Crippen LogP contribution in [0.2, 0.25) is 0 Å². The quantitative estimate of drug-likeness (QED) is 0.894. The highest BCUT2D eigenvalue weighted by molar-refractivity contribution is 6.00. The summed E-state index contributed by atoms with van der Waals surface area (Å²) in [6, 6.07) is 3.90. The van der Waals surface area contributed by atoms with Crippen molar-refractivity contribution in [3.8, 4) is 5.75 Å². The first kappa shape index (κ1) is 17.6. The minimum absolute atomic E-state index is 0.0561. The monoisotopic (exact) mass is 346 g/mol. The van der Waals surface area contributed by atoms with Gasteiger partial charge >= 0.3 is 6.09 Å². The molecule has 6 nitrogen and oxygen atoms in total. The highest BCUT2D eigenvalue weighted by Crippen LogP contribution is 2.39. The van der Waals surface area contributed by atoms with Crippen molar-refractivity contribution in [3.63, 3.8) is 0 Å². The van der Waals surface area contributed by atoms with Gasteiger partial charge in [0.1, 0.15) is 11.4 Å². The van der Waals surface area contributed by atoms with Crippen LogP contribution in [0.4, 0.5) is 4.79 Å². The number of nitrogens with zero attached hydrogens (tertiary/aromatic N) is 1. The van der Waals surface area contributed by atoms with Gasteiger partial charge in [0.2, 0.25) is 0 Å². The first-order chi connectivity index (χ1) is 11.7. The number of methoxy groups -OCH3 is 1. The molecule has 1 aromatic rings. The fraction of sp³-hybridized carbons (Fsp3) is 0.579. The maximum absolute atomic E-state index is 12.6. The van der Waals surface area contributed by atoms with Gasteiger partial charge in [-0.1, -0.05) is 13.0 Å². The normalized spacial score (nSPS) is 22.1. The summed E-state index contributed by atoms with van der Waals surface area (Å²) in [5.41, 5.74) is 2.15. The first-order valence-electron chi connectivity index (χ1n) is 8.73. The van der Waals surface area contributed by atoms with Gasteiger partial charge in [-0.05, 0) is 44.4 Å². The Morgan fingerprint density at radius 3 is 2.64 bits per heavy atom. The van der Waals surface area contributed by atoms with Crippen molar-refractivity contribution in [2.75, 3.05) is 20.2 Å². The molecule has 0 unspecified atom stereocenters. The van der Waals surface area contributed by atoms with E-state index in [1.807, 2.05) is 26.8 Å². The third-order valence-electron chi connectivity index (χ3n) is 4.74. The molecule has 2 heterocycles. The Hall–Kier alpha value is -2.24. The molecular weight excluding hydrogens is 320 g/mol. The number of amides is 2. The lowest BCUT2D eigenvalue weighted by Crippen LogP contribution is -2.45. The molecule has 3 rings (SSSR count). The van der Waals surface area contributed by atoms with Gasteiger partial charge in [0.05, 0.1) is 18.7 Å². The van der Waals surface area contributed by atoms with Crippen molar-refractivity contribution in [1.82, 2.24) is 10.2 Å². The van der Waals surface area contributed by atoms with Gasteiger partial charge in [-0.15, -0.1) is 0 Å². The van der Waals surface area contributed by atoms with E-state index in [-0.39, 0.29) is 24.0 Å². The van der Waals surface area contributed by atoms with Gasteiger partial charge in [-0.3, -0.25) is 4.79 Å². The maximum Gasteiger partial charge on any atom is 0.410 e. The molecule has 1 N–H and O–H groups in total. The van der Waals surface area contributed by atoms with Crippen molar-refractivity contribution in [3.05, 3.63) is 28.8 Å².